The molecule has 0 spiro atoms. The van der Waals surface area contributed by atoms with Crippen LogP contribution >= 0.6 is 11.6 Å². The number of rotatable bonds is 1. The van der Waals surface area contributed by atoms with Gasteiger partial charge in [0.25, 0.3) is 5.91 Å². The molecule has 1 aromatic heterocycles. The maximum absolute atomic E-state index is 12.5. The van der Waals surface area contributed by atoms with Crippen LogP contribution in [0.15, 0.2) is 42.6 Å². The average molecular weight is 275 g/mol. The molecule has 19 heavy (non-hydrogen) atoms. The average Bonchev–Trinajstić information content (AvgIpc) is 2.47. The highest BCUT2D eigenvalue weighted by Crippen LogP contribution is 2.31. The molecule has 2 aromatic rings. The van der Waals surface area contributed by atoms with Crippen molar-refractivity contribution in [1.29, 1.82) is 0 Å². The van der Waals surface area contributed by atoms with Crippen molar-refractivity contribution in [2.45, 2.75) is 0 Å². The first-order valence-electron chi connectivity index (χ1n) is 5.91. The van der Waals surface area contributed by atoms with Crippen molar-refractivity contribution < 1.29 is 9.53 Å². The molecular formula is C14H11ClN2O2. The molecule has 0 aliphatic carbocycles. The third kappa shape index (κ3) is 2.27. The molecule has 0 saturated carbocycles. The van der Waals surface area contributed by atoms with Gasteiger partial charge in [-0.2, -0.15) is 0 Å². The number of para-hydroxylation sites is 2. The van der Waals surface area contributed by atoms with Gasteiger partial charge in [-0.25, -0.2) is 4.98 Å². The van der Waals surface area contributed by atoms with Gasteiger partial charge < -0.3 is 9.64 Å². The van der Waals surface area contributed by atoms with E-state index in [9.17, 15) is 4.79 Å². The Morgan fingerprint density at radius 3 is 2.89 bits per heavy atom. The van der Waals surface area contributed by atoms with Crippen molar-refractivity contribution in [3.05, 3.63) is 53.3 Å². The van der Waals surface area contributed by atoms with Crippen LogP contribution in [-0.2, 0) is 0 Å². The Labute approximate surface area is 115 Å². The molecule has 4 nitrogen and oxygen atoms in total. The third-order valence-electron chi connectivity index (χ3n) is 2.95. The fourth-order valence-corrected chi connectivity index (χ4v) is 2.15. The molecule has 3 rings (SSSR count). The summed E-state index contributed by atoms with van der Waals surface area (Å²) in [5.41, 5.74) is 1.30. The number of hydrogen-bond donors (Lipinski definition) is 0. The molecule has 96 valence electrons. The number of ether oxygens (including phenoxy) is 1. The van der Waals surface area contributed by atoms with Gasteiger partial charge in [0, 0.05) is 6.20 Å². The number of halogens is 1. The summed E-state index contributed by atoms with van der Waals surface area (Å²) in [7, 11) is 0. The molecule has 1 amide bonds. The van der Waals surface area contributed by atoms with Crippen molar-refractivity contribution in [1.82, 2.24) is 4.98 Å². The highest BCUT2D eigenvalue weighted by Gasteiger charge is 2.24. The lowest BCUT2D eigenvalue weighted by Gasteiger charge is -2.29. The number of benzene rings is 1. The van der Waals surface area contributed by atoms with Crippen molar-refractivity contribution in [3.8, 4) is 5.75 Å². The van der Waals surface area contributed by atoms with Gasteiger partial charge in [-0.15, -0.1) is 0 Å². The molecule has 1 aliphatic heterocycles. The predicted octanol–water partition coefficient (Wildman–Crippen LogP) is 2.77. The molecular weight excluding hydrogens is 264 g/mol. The summed E-state index contributed by atoms with van der Waals surface area (Å²) in [6.45, 7) is 1.02. The Hall–Kier alpha value is -2.07. The van der Waals surface area contributed by atoms with E-state index in [1.54, 1.807) is 17.0 Å². The quantitative estimate of drug-likeness (QED) is 0.751. The van der Waals surface area contributed by atoms with Crippen LogP contribution in [0.1, 0.15) is 10.4 Å². The van der Waals surface area contributed by atoms with E-state index in [0.717, 1.165) is 11.4 Å². The predicted molar refractivity (Wildman–Crippen MR) is 72.9 cm³/mol. The fourth-order valence-electron chi connectivity index (χ4n) is 2.04. The number of nitrogens with zero attached hydrogens (tertiary/aromatic N) is 2. The molecule has 1 aliphatic rings. The van der Waals surface area contributed by atoms with Crippen LogP contribution in [0.2, 0.25) is 5.15 Å². The summed E-state index contributed by atoms with van der Waals surface area (Å²) < 4.78 is 5.53. The molecule has 0 bridgehead atoms. The molecule has 0 saturated heterocycles. The second kappa shape index (κ2) is 4.90. The Kier molecular flexibility index (Phi) is 3.09. The summed E-state index contributed by atoms with van der Waals surface area (Å²) in [5.74, 6) is 0.629. The van der Waals surface area contributed by atoms with Gasteiger partial charge in [-0.1, -0.05) is 23.7 Å². The van der Waals surface area contributed by atoms with E-state index in [0.29, 0.717) is 23.9 Å². The number of hydrogen-bond acceptors (Lipinski definition) is 3. The highest BCUT2D eigenvalue weighted by atomic mass is 35.5. The SMILES string of the molecule is O=C(c1ccc(Cl)nc1)N1CCOc2ccccc21. The maximum Gasteiger partial charge on any atom is 0.260 e. The van der Waals surface area contributed by atoms with Gasteiger partial charge in [0.1, 0.15) is 17.5 Å². The number of carbonyl (C=O) groups excluding carboxylic acids is 1. The summed E-state index contributed by atoms with van der Waals surface area (Å²) in [4.78, 5) is 18.1. The first kappa shape index (κ1) is 12.0. The minimum Gasteiger partial charge on any atom is -0.490 e. The second-order valence-electron chi connectivity index (χ2n) is 4.14. The Morgan fingerprint density at radius 1 is 1.26 bits per heavy atom. The zero-order chi connectivity index (χ0) is 13.2. The van der Waals surface area contributed by atoms with E-state index in [1.807, 2.05) is 24.3 Å². The van der Waals surface area contributed by atoms with Crippen LogP contribution in [0.5, 0.6) is 5.75 Å². The molecule has 0 unspecified atom stereocenters. The number of fused-ring (bicyclic) bond motifs is 1. The van der Waals surface area contributed by atoms with Gasteiger partial charge >= 0.3 is 0 Å². The largest absolute Gasteiger partial charge is 0.490 e. The lowest BCUT2D eigenvalue weighted by Crippen LogP contribution is -2.37. The minimum absolute atomic E-state index is 0.0973. The Morgan fingerprint density at radius 2 is 2.11 bits per heavy atom. The zero-order valence-corrected chi connectivity index (χ0v) is 10.8. The molecule has 1 aromatic carbocycles. The van der Waals surface area contributed by atoms with Crippen LogP contribution in [-0.4, -0.2) is 24.0 Å². The van der Waals surface area contributed by atoms with Crippen LogP contribution in [0.25, 0.3) is 0 Å². The van der Waals surface area contributed by atoms with Crippen LogP contribution in [0.4, 0.5) is 5.69 Å². The Balaban J connectivity index is 1.95. The van der Waals surface area contributed by atoms with Gasteiger partial charge in [-0.05, 0) is 24.3 Å². The zero-order valence-electron chi connectivity index (χ0n) is 10.0. The van der Waals surface area contributed by atoms with Crippen LogP contribution < -0.4 is 9.64 Å². The monoisotopic (exact) mass is 274 g/mol. The Bertz CT molecular complexity index is 613. The molecule has 0 fully saturated rings. The van der Waals surface area contributed by atoms with Gasteiger partial charge in [-0.3, -0.25) is 4.79 Å². The van der Waals surface area contributed by atoms with E-state index >= 15 is 0 Å². The second-order valence-corrected chi connectivity index (χ2v) is 4.53. The molecule has 0 N–H and O–H groups in total. The van der Waals surface area contributed by atoms with E-state index in [-0.39, 0.29) is 5.91 Å². The lowest BCUT2D eigenvalue weighted by atomic mass is 10.2. The maximum atomic E-state index is 12.5. The van der Waals surface area contributed by atoms with Gasteiger partial charge in [0.2, 0.25) is 0 Å². The van der Waals surface area contributed by atoms with Crippen molar-refractivity contribution in [3.63, 3.8) is 0 Å². The highest BCUT2D eigenvalue weighted by molar-refractivity contribution is 6.29. The molecule has 0 atom stereocenters. The summed E-state index contributed by atoms with van der Waals surface area (Å²) >= 11 is 5.73. The third-order valence-corrected chi connectivity index (χ3v) is 3.17. The fraction of sp³-hybridized carbons (Fsp3) is 0.143. The van der Waals surface area contributed by atoms with Crippen LogP contribution in [0.3, 0.4) is 0 Å². The van der Waals surface area contributed by atoms with Gasteiger partial charge in [0.05, 0.1) is 17.8 Å². The van der Waals surface area contributed by atoms with E-state index < -0.39 is 0 Å². The van der Waals surface area contributed by atoms with Crippen molar-refractivity contribution in [2.24, 2.45) is 0 Å². The number of anilines is 1. The van der Waals surface area contributed by atoms with Gasteiger partial charge in [0.15, 0.2) is 0 Å². The van der Waals surface area contributed by atoms with E-state index in [2.05, 4.69) is 4.98 Å². The number of carbonyl (C=O) groups is 1. The summed E-state index contributed by atoms with van der Waals surface area (Å²) in [6.07, 6.45) is 1.49. The normalized spacial score (nSPS) is 13.6. The lowest BCUT2D eigenvalue weighted by molar-refractivity contribution is 0.0976. The standard InChI is InChI=1S/C14H11ClN2O2/c15-13-6-5-10(9-16-13)14(18)17-7-8-19-12-4-2-1-3-11(12)17/h1-6,9H,7-8H2. The topological polar surface area (TPSA) is 42.4 Å². The molecule has 0 radical (unpaired) electrons. The van der Waals surface area contributed by atoms with Crippen molar-refractivity contribution >= 4 is 23.2 Å². The first-order chi connectivity index (χ1) is 9.25. The number of aromatic nitrogens is 1. The van der Waals surface area contributed by atoms with E-state index in [4.69, 9.17) is 16.3 Å². The minimum atomic E-state index is -0.0973. The van der Waals surface area contributed by atoms with Crippen LogP contribution in [0, 0.1) is 0 Å². The van der Waals surface area contributed by atoms with Crippen molar-refractivity contribution in [2.75, 3.05) is 18.1 Å². The molecule has 5 heteroatoms. The summed E-state index contributed by atoms with van der Waals surface area (Å²) in [6, 6.07) is 10.8. The number of amides is 1. The van der Waals surface area contributed by atoms with E-state index in [1.165, 1.54) is 6.20 Å². The smallest absolute Gasteiger partial charge is 0.260 e. The first-order valence-corrected chi connectivity index (χ1v) is 6.29. The molecule has 2 heterocycles. The summed E-state index contributed by atoms with van der Waals surface area (Å²) in [5, 5.41) is 0.374. The number of pyridine rings is 1.